The van der Waals surface area contributed by atoms with Crippen LogP contribution in [0.3, 0.4) is 0 Å². The van der Waals surface area contributed by atoms with Crippen LogP contribution in [0, 0.1) is 5.92 Å². The Morgan fingerprint density at radius 2 is 2.20 bits per heavy atom. The smallest absolute Gasteiger partial charge is 0.0572 e. The number of rotatable bonds is 3. The van der Waals surface area contributed by atoms with Gasteiger partial charge < -0.3 is 9.57 Å². The van der Waals surface area contributed by atoms with Crippen LogP contribution >= 0.6 is 0 Å². The number of hydrogen-bond acceptors (Lipinski definition) is 3. The lowest BCUT2D eigenvalue weighted by molar-refractivity contribution is 0.0336. The zero-order valence-corrected chi connectivity index (χ0v) is 6.43. The highest BCUT2D eigenvalue weighted by Gasteiger charge is 2.12. The molecular weight excluding hydrogens is 130 g/mol. The number of nitrogens with one attached hydrogen (secondary N) is 1. The zero-order valence-electron chi connectivity index (χ0n) is 6.43. The molecule has 0 aliphatic carbocycles. The predicted molar refractivity (Wildman–Crippen MR) is 38.6 cm³/mol. The SMILES string of the molecule is CONCC1CCOCC1. The molecule has 0 unspecified atom stereocenters. The molecule has 3 nitrogen and oxygen atoms in total. The average Bonchev–Trinajstić information content (AvgIpc) is 2.03. The molecule has 1 rings (SSSR count). The molecule has 0 saturated carbocycles. The topological polar surface area (TPSA) is 30.5 Å². The normalized spacial score (nSPS) is 21.3. The minimum absolute atomic E-state index is 0.744. The van der Waals surface area contributed by atoms with Crippen molar-refractivity contribution in [2.24, 2.45) is 5.92 Å². The summed E-state index contributed by atoms with van der Waals surface area (Å²) in [5.41, 5.74) is 2.86. The van der Waals surface area contributed by atoms with Gasteiger partial charge in [0.1, 0.15) is 0 Å². The molecule has 1 saturated heterocycles. The molecule has 60 valence electrons. The van der Waals surface area contributed by atoms with E-state index in [-0.39, 0.29) is 0 Å². The van der Waals surface area contributed by atoms with E-state index in [1.807, 2.05) is 0 Å². The summed E-state index contributed by atoms with van der Waals surface area (Å²) in [4.78, 5) is 4.75. The largest absolute Gasteiger partial charge is 0.381 e. The van der Waals surface area contributed by atoms with E-state index < -0.39 is 0 Å². The Kier molecular flexibility index (Phi) is 3.72. The first kappa shape index (κ1) is 7.98. The van der Waals surface area contributed by atoms with Gasteiger partial charge in [-0.1, -0.05) is 0 Å². The molecule has 1 fully saturated rings. The van der Waals surface area contributed by atoms with Gasteiger partial charge in [0.05, 0.1) is 7.11 Å². The van der Waals surface area contributed by atoms with Crippen molar-refractivity contribution in [3.8, 4) is 0 Å². The van der Waals surface area contributed by atoms with Crippen molar-refractivity contribution in [1.82, 2.24) is 5.48 Å². The highest BCUT2D eigenvalue weighted by Crippen LogP contribution is 2.12. The van der Waals surface area contributed by atoms with E-state index in [9.17, 15) is 0 Å². The first-order chi connectivity index (χ1) is 4.93. The molecule has 0 aromatic heterocycles. The number of ether oxygens (including phenoxy) is 1. The lowest BCUT2D eigenvalue weighted by Crippen LogP contribution is -2.26. The van der Waals surface area contributed by atoms with Gasteiger partial charge in [0, 0.05) is 19.8 Å². The molecule has 3 heteroatoms. The fourth-order valence-corrected chi connectivity index (χ4v) is 1.15. The third-order valence-electron chi connectivity index (χ3n) is 1.86. The van der Waals surface area contributed by atoms with Gasteiger partial charge in [0.15, 0.2) is 0 Å². The predicted octanol–water partition coefficient (Wildman–Crippen LogP) is 0.564. The van der Waals surface area contributed by atoms with Crippen LogP contribution in [0.1, 0.15) is 12.8 Å². The molecule has 10 heavy (non-hydrogen) atoms. The van der Waals surface area contributed by atoms with Crippen molar-refractivity contribution in [2.45, 2.75) is 12.8 Å². The summed E-state index contributed by atoms with van der Waals surface area (Å²) in [6, 6.07) is 0. The number of hydrogen-bond donors (Lipinski definition) is 1. The molecule has 0 radical (unpaired) electrons. The Morgan fingerprint density at radius 3 is 2.80 bits per heavy atom. The average molecular weight is 145 g/mol. The standard InChI is InChI=1S/C7H15NO2/c1-9-8-6-7-2-4-10-5-3-7/h7-8H,2-6H2,1H3. The van der Waals surface area contributed by atoms with E-state index in [2.05, 4.69) is 5.48 Å². The van der Waals surface area contributed by atoms with E-state index >= 15 is 0 Å². The van der Waals surface area contributed by atoms with Gasteiger partial charge in [0.2, 0.25) is 0 Å². The summed E-state index contributed by atoms with van der Waals surface area (Å²) in [5.74, 6) is 0.744. The molecule has 0 aromatic carbocycles. The monoisotopic (exact) mass is 145 g/mol. The second-order valence-electron chi connectivity index (χ2n) is 2.61. The summed E-state index contributed by atoms with van der Waals surface area (Å²) in [5, 5.41) is 0. The summed E-state index contributed by atoms with van der Waals surface area (Å²) in [6.07, 6.45) is 2.33. The van der Waals surface area contributed by atoms with Gasteiger partial charge in [-0.25, -0.2) is 5.48 Å². The van der Waals surface area contributed by atoms with Crippen LogP contribution in [0.15, 0.2) is 0 Å². The maximum absolute atomic E-state index is 5.21. The quantitative estimate of drug-likeness (QED) is 0.589. The van der Waals surface area contributed by atoms with Crippen LogP contribution in [0.5, 0.6) is 0 Å². The van der Waals surface area contributed by atoms with Crippen molar-refractivity contribution < 1.29 is 9.57 Å². The Bertz CT molecular complexity index is 81.7. The van der Waals surface area contributed by atoms with Crippen LogP contribution in [0.4, 0.5) is 0 Å². The molecule has 0 spiro atoms. The van der Waals surface area contributed by atoms with E-state index in [4.69, 9.17) is 9.57 Å². The summed E-state index contributed by atoms with van der Waals surface area (Å²) in [7, 11) is 1.65. The third-order valence-corrected chi connectivity index (χ3v) is 1.86. The molecule has 1 aliphatic rings. The van der Waals surface area contributed by atoms with E-state index in [1.165, 1.54) is 0 Å². The van der Waals surface area contributed by atoms with Crippen molar-refractivity contribution in [2.75, 3.05) is 26.9 Å². The zero-order chi connectivity index (χ0) is 7.23. The fraction of sp³-hybridized carbons (Fsp3) is 1.00. The van der Waals surface area contributed by atoms with Gasteiger partial charge in [-0.2, -0.15) is 0 Å². The fourth-order valence-electron chi connectivity index (χ4n) is 1.15. The Hall–Kier alpha value is -0.120. The number of hydroxylamine groups is 1. The van der Waals surface area contributed by atoms with Crippen LogP contribution in [0.25, 0.3) is 0 Å². The molecule has 1 heterocycles. The summed E-state index contributed by atoms with van der Waals surface area (Å²) in [6.45, 7) is 2.78. The van der Waals surface area contributed by atoms with Crippen molar-refractivity contribution in [3.05, 3.63) is 0 Å². The maximum Gasteiger partial charge on any atom is 0.0572 e. The molecule has 1 N–H and O–H groups in total. The molecular formula is C7H15NO2. The lowest BCUT2D eigenvalue weighted by Gasteiger charge is -2.21. The van der Waals surface area contributed by atoms with Gasteiger partial charge >= 0.3 is 0 Å². The van der Waals surface area contributed by atoms with Crippen molar-refractivity contribution in [1.29, 1.82) is 0 Å². The third kappa shape index (κ3) is 2.64. The minimum atomic E-state index is 0.744. The van der Waals surface area contributed by atoms with Gasteiger partial charge in [-0.15, -0.1) is 0 Å². The first-order valence-corrected chi connectivity index (χ1v) is 3.77. The molecule has 0 bridgehead atoms. The highest BCUT2D eigenvalue weighted by molar-refractivity contribution is 4.63. The lowest BCUT2D eigenvalue weighted by atomic mass is 10.0. The minimum Gasteiger partial charge on any atom is -0.381 e. The Labute approximate surface area is 61.7 Å². The van der Waals surface area contributed by atoms with Crippen LogP contribution < -0.4 is 5.48 Å². The summed E-state index contributed by atoms with van der Waals surface area (Å²) < 4.78 is 5.21. The highest BCUT2D eigenvalue weighted by atomic mass is 16.6. The Morgan fingerprint density at radius 1 is 1.50 bits per heavy atom. The second kappa shape index (κ2) is 4.66. The second-order valence-corrected chi connectivity index (χ2v) is 2.61. The van der Waals surface area contributed by atoms with Crippen LogP contribution in [-0.4, -0.2) is 26.9 Å². The van der Waals surface area contributed by atoms with E-state index in [0.717, 1.165) is 38.5 Å². The van der Waals surface area contributed by atoms with Crippen LogP contribution in [0.2, 0.25) is 0 Å². The molecule has 1 aliphatic heterocycles. The van der Waals surface area contributed by atoms with Crippen molar-refractivity contribution >= 4 is 0 Å². The van der Waals surface area contributed by atoms with E-state index in [0.29, 0.717) is 0 Å². The van der Waals surface area contributed by atoms with Gasteiger partial charge in [-0.3, -0.25) is 0 Å². The molecule has 0 amide bonds. The maximum atomic E-state index is 5.21. The van der Waals surface area contributed by atoms with Crippen molar-refractivity contribution in [3.63, 3.8) is 0 Å². The van der Waals surface area contributed by atoms with Gasteiger partial charge in [0.25, 0.3) is 0 Å². The molecule has 0 aromatic rings. The van der Waals surface area contributed by atoms with Gasteiger partial charge in [-0.05, 0) is 18.8 Å². The summed E-state index contributed by atoms with van der Waals surface area (Å²) >= 11 is 0. The van der Waals surface area contributed by atoms with Crippen LogP contribution in [-0.2, 0) is 9.57 Å². The first-order valence-electron chi connectivity index (χ1n) is 3.77. The Balaban J connectivity index is 2.02. The molecule has 0 atom stereocenters. The van der Waals surface area contributed by atoms with E-state index in [1.54, 1.807) is 7.11 Å².